The van der Waals surface area contributed by atoms with Crippen molar-refractivity contribution < 1.29 is 18.0 Å². The van der Waals surface area contributed by atoms with Crippen molar-refractivity contribution in [3.8, 4) is 11.1 Å². The Morgan fingerprint density at radius 3 is 2.20 bits per heavy atom. The van der Waals surface area contributed by atoms with Crippen LogP contribution >= 0.6 is 0 Å². The number of carbonyl (C=O) groups excluding carboxylic acids is 1. The summed E-state index contributed by atoms with van der Waals surface area (Å²) in [5.74, 6) is 0.352. The number of carbonyl (C=O) groups is 1. The smallest absolute Gasteiger partial charge is 0.334 e. The quantitative estimate of drug-likeness (QED) is 0.215. The number of benzene rings is 2. The van der Waals surface area contributed by atoms with Gasteiger partial charge in [0.2, 0.25) is 5.91 Å². The molecule has 1 saturated heterocycles. The first-order chi connectivity index (χ1) is 22.1. The predicted octanol–water partition coefficient (Wildman–Crippen LogP) is 5.58. The van der Waals surface area contributed by atoms with Crippen molar-refractivity contribution in [2.45, 2.75) is 71.3 Å². The Bertz CT molecular complexity index is 1650. The summed E-state index contributed by atoms with van der Waals surface area (Å²) in [5, 5.41) is 4.57. The molecule has 1 amide bonds. The van der Waals surface area contributed by atoms with E-state index in [1.54, 1.807) is 17.1 Å². The fourth-order valence-corrected chi connectivity index (χ4v) is 5.86. The van der Waals surface area contributed by atoms with E-state index < -0.39 is 11.7 Å². The summed E-state index contributed by atoms with van der Waals surface area (Å²) >= 11 is 0. The highest BCUT2D eigenvalue weighted by molar-refractivity contribution is 5.76. The van der Waals surface area contributed by atoms with Crippen molar-refractivity contribution in [1.29, 1.82) is 0 Å². The molecule has 242 valence electrons. The normalized spacial score (nSPS) is 14.4. The lowest BCUT2D eigenvalue weighted by Crippen LogP contribution is -2.48. The van der Waals surface area contributed by atoms with Gasteiger partial charge in [0, 0.05) is 44.5 Å². The molecule has 0 spiro atoms. The van der Waals surface area contributed by atoms with Crippen LogP contribution in [0.4, 0.5) is 13.2 Å². The molecule has 8 nitrogen and oxygen atoms in total. The van der Waals surface area contributed by atoms with Crippen LogP contribution in [0, 0.1) is 0 Å². The van der Waals surface area contributed by atoms with Crippen molar-refractivity contribution in [3.63, 3.8) is 0 Å². The molecule has 5 rings (SSSR count). The summed E-state index contributed by atoms with van der Waals surface area (Å²) in [7, 11) is 0. The lowest BCUT2D eigenvalue weighted by Gasteiger charge is -2.38. The van der Waals surface area contributed by atoms with Gasteiger partial charge in [-0.2, -0.15) is 23.3 Å². The standard InChI is InChI=1S/C35H39F3N6O2/c1-3-31-34(46)40-32(16-9-25-6-5-19-39-22-25)44(41-31)24-33(45)43(30-17-20-42(4-2)21-18-30)23-26-7-10-27(11-8-26)28-12-14-29(15-13-28)35(36,37)38/h5-8,10-15,19,22,30H,3-4,9,16-18,20-21,23-24H2,1-2H3. The second-order valence-electron chi connectivity index (χ2n) is 11.6. The predicted molar refractivity (Wildman–Crippen MR) is 170 cm³/mol. The lowest BCUT2D eigenvalue weighted by molar-refractivity contribution is -0.138. The third kappa shape index (κ3) is 8.25. The molecule has 46 heavy (non-hydrogen) atoms. The highest BCUT2D eigenvalue weighted by Crippen LogP contribution is 2.31. The molecule has 1 aliphatic rings. The molecule has 1 fully saturated rings. The topological polar surface area (TPSA) is 84.2 Å². The van der Waals surface area contributed by atoms with E-state index in [9.17, 15) is 22.8 Å². The molecule has 2 aromatic carbocycles. The van der Waals surface area contributed by atoms with E-state index in [2.05, 4.69) is 26.9 Å². The lowest BCUT2D eigenvalue weighted by atomic mass is 10.00. The van der Waals surface area contributed by atoms with Gasteiger partial charge in [-0.05, 0) is 72.7 Å². The van der Waals surface area contributed by atoms with E-state index in [4.69, 9.17) is 0 Å². The van der Waals surface area contributed by atoms with E-state index in [0.717, 1.165) is 61.3 Å². The Labute approximate surface area is 266 Å². The molecule has 2 aromatic heterocycles. The fourth-order valence-electron chi connectivity index (χ4n) is 5.86. The Kier molecular flexibility index (Phi) is 10.6. The van der Waals surface area contributed by atoms with Gasteiger partial charge in [0.05, 0.1) is 5.56 Å². The Morgan fingerprint density at radius 2 is 1.61 bits per heavy atom. The minimum atomic E-state index is -4.38. The Hall–Kier alpha value is -4.38. The van der Waals surface area contributed by atoms with E-state index in [-0.39, 0.29) is 24.1 Å². The van der Waals surface area contributed by atoms with E-state index >= 15 is 0 Å². The molecule has 0 saturated carbocycles. The van der Waals surface area contributed by atoms with Crippen LogP contribution in [0.1, 0.15) is 54.9 Å². The van der Waals surface area contributed by atoms with Gasteiger partial charge in [0.15, 0.2) is 0 Å². The third-order valence-corrected chi connectivity index (χ3v) is 8.61. The van der Waals surface area contributed by atoms with Gasteiger partial charge in [-0.15, -0.1) is 0 Å². The van der Waals surface area contributed by atoms with Crippen LogP contribution in [-0.2, 0) is 43.3 Å². The van der Waals surface area contributed by atoms with E-state index in [0.29, 0.717) is 42.9 Å². The van der Waals surface area contributed by atoms with Crippen molar-refractivity contribution in [3.05, 3.63) is 112 Å². The molecule has 0 aliphatic carbocycles. The van der Waals surface area contributed by atoms with Gasteiger partial charge in [-0.1, -0.05) is 56.3 Å². The average molecular weight is 633 g/mol. The SMILES string of the molecule is CCc1nn(CC(=O)N(Cc2ccc(-c3ccc(C(F)(F)F)cc3)cc2)C2CCN(CC)CC2)c(CCc2cccnc2)nc1=O. The average Bonchev–Trinajstić information content (AvgIpc) is 3.07. The number of aryl methyl sites for hydroxylation is 3. The zero-order valence-corrected chi connectivity index (χ0v) is 26.2. The van der Waals surface area contributed by atoms with Gasteiger partial charge in [-0.3, -0.25) is 14.6 Å². The maximum Gasteiger partial charge on any atom is 0.416 e. The van der Waals surface area contributed by atoms with Crippen molar-refractivity contribution in [2.24, 2.45) is 0 Å². The van der Waals surface area contributed by atoms with E-state index in [1.807, 2.05) is 48.2 Å². The first-order valence-electron chi connectivity index (χ1n) is 15.8. The molecule has 4 aromatic rings. The van der Waals surface area contributed by atoms with Gasteiger partial charge >= 0.3 is 6.18 Å². The monoisotopic (exact) mass is 632 g/mol. The van der Waals surface area contributed by atoms with Crippen LogP contribution in [-0.4, -0.2) is 61.1 Å². The molecule has 0 unspecified atom stereocenters. The first-order valence-corrected chi connectivity index (χ1v) is 15.8. The minimum Gasteiger partial charge on any atom is -0.334 e. The van der Waals surface area contributed by atoms with Crippen LogP contribution < -0.4 is 5.56 Å². The second-order valence-corrected chi connectivity index (χ2v) is 11.6. The van der Waals surface area contributed by atoms with Crippen molar-refractivity contribution in [1.82, 2.24) is 29.5 Å². The molecule has 0 radical (unpaired) electrons. The van der Waals surface area contributed by atoms with Crippen LogP contribution in [0.2, 0.25) is 0 Å². The number of halogens is 3. The van der Waals surface area contributed by atoms with Crippen molar-refractivity contribution >= 4 is 5.91 Å². The molecule has 11 heteroatoms. The number of amides is 1. The maximum absolute atomic E-state index is 14.1. The summed E-state index contributed by atoms with van der Waals surface area (Å²) in [6.07, 6.45) is 2.22. The number of pyridine rings is 1. The number of piperidine rings is 1. The number of hydrogen-bond acceptors (Lipinski definition) is 6. The van der Waals surface area contributed by atoms with Crippen LogP contribution in [0.25, 0.3) is 11.1 Å². The Balaban J connectivity index is 1.37. The van der Waals surface area contributed by atoms with Gasteiger partial charge in [0.1, 0.15) is 18.1 Å². The molecule has 3 heterocycles. The zero-order valence-electron chi connectivity index (χ0n) is 26.2. The summed E-state index contributed by atoms with van der Waals surface area (Å²) in [6, 6.07) is 16.5. The maximum atomic E-state index is 14.1. The molecular formula is C35H39F3N6O2. The fraction of sp³-hybridized carbons (Fsp3) is 0.400. The molecule has 0 bridgehead atoms. The highest BCUT2D eigenvalue weighted by Gasteiger charge is 2.30. The molecular weight excluding hydrogens is 593 g/mol. The number of rotatable bonds is 11. The Morgan fingerprint density at radius 1 is 0.935 bits per heavy atom. The number of alkyl halides is 3. The molecule has 1 aliphatic heterocycles. The first kappa shape index (κ1) is 33.0. The summed E-state index contributed by atoms with van der Waals surface area (Å²) in [5.41, 5.74) is 2.65. The molecule has 0 N–H and O–H groups in total. The minimum absolute atomic E-state index is 0.0294. The van der Waals surface area contributed by atoms with Gasteiger partial charge < -0.3 is 9.80 Å². The summed E-state index contributed by atoms with van der Waals surface area (Å²) in [4.78, 5) is 39.5. The second kappa shape index (κ2) is 14.8. The number of aromatic nitrogens is 4. The zero-order chi connectivity index (χ0) is 32.7. The largest absolute Gasteiger partial charge is 0.416 e. The van der Waals surface area contributed by atoms with Gasteiger partial charge in [0.25, 0.3) is 5.56 Å². The number of likely N-dealkylation sites (tertiary alicyclic amines) is 1. The third-order valence-electron chi connectivity index (χ3n) is 8.61. The summed E-state index contributed by atoms with van der Waals surface area (Å²) in [6.45, 7) is 7.06. The van der Waals surface area contributed by atoms with E-state index in [1.165, 1.54) is 12.1 Å². The number of nitrogens with zero attached hydrogens (tertiary/aromatic N) is 6. The number of hydrogen-bond donors (Lipinski definition) is 0. The highest BCUT2D eigenvalue weighted by atomic mass is 19.4. The molecule has 0 atom stereocenters. The van der Waals surface area contributed by atoms with Crippen LogP contribution in [0.5, 0.6) is 0 Å². The van der Waals surface area contributed by atoms with Crippen molar-refractivity contribution in [2.75, 3.05) is 19.6 Å². The summed E-state index contributed by atoms with van der Waals surface area (Å²) < 4.78 is 40.6. The van der Waals surface area contributed by atoms with Crippen LogP contribution in [0.15, 0.2) is 77.9 Å². The van der Waals surface area contributed by atoms with Crippen LogP contribution in [0.3, 0.4) is 0 Å². The van der Waals surface area contributed by atoms with Gasteiger partial charge in [-0.25, -0.2) is 4.68 Å².